The van der Waals surface area contributed by atoms with Crippen LogP contribution in [0.1, 0.15) is 22.8 Å². The number of hydrogen-bond donors (Lipinski definition) is 1. The minimum Gasteiger partial charge on any atom is -0.489 e. The van der Waals surface area contributed by atoms with Crippen molar-refractivity contribution in [2.45, 2.75) is 12.5 Å². The van der Waals surface area contributed by atoms with Crippen LogP contribution in [0.15, 0.2) is 42.5 Å². The van der Waals surface area contributed by atoms with Gasteiger partial charge < -0.3 is 15.2 Å². The maximum Gasteiger partial charge on any atom is 0.137 e. The van der Waals surface area contributed by atoms with E-state index < -0.39 is 0 Å². The van der Waals surface area contributed by atoms with Crippen molar-refractivity contribution in [3.05, 3.63) is 59.2 Å². The molecular weight excluding hydrogens is 264 g/mol. The lowest BCUT2D eigenvalue weighted by Gasteiger charge is -2.26. The molecule has 4 heteroatoms. The predicted molar refractivity (Wildman–Crippen MR) is 79.9 cm³/mol. The van der Waals surface area contributed by atoms with Gasteiger partial charge in [0.2, 0.25) is 0 Å². The zero-order valence-electron chi connectivity index (χ0n) is 11.6. The van der Waals surface area contributed by atoms with Gasteiger partial charge in [0.15, 0.2) is 0 Å². The molecule has 1 atom stereocenters. The minimum absolute atomic E-state index is 0.0981. The Bertz CT molecular complexity index is 691. The first-order valence-corrected chi connectivity index (χ1v) is 6.90. The highest BCUT2D eigenvalue weighted by Gasteiger charge is 2.21. The maximum atomic E-state index is 9.12. The molecule has 1 aliphatic heterocycles. The number of rotatable bonds is 3. The average molecular weight is 280 g/mol. The van der Waals surface area contributed by atoms with Crippen LogP contribution in [0.5, 0.6) is 5.75 Å². The average Bonchev–Trinajstić information content (AvgIpc) is 2.53. The summed E-state index contributed by atoms with van der Waals surface area (Å²) in [6.07, 6.45) is 0.830. The van der Waals surface area contributed by atoms with E-state index in [0.29, 0.717) is 30.2 Å². The van der Waals surface area contributed by atoms with Crippen LogP contribution >= 0.6 is 0 Å². The fraction of sp³-hybridized carbons (Fsp3) is 0.235. The number of nitriles is 1. The van der Waals surface area contributed by atoms with Gasteiger partial charge in [0.05, 0.1) is 12.2 Å². The fourth-order valence-electron chi connectivity index (χ4n) is 2.54. The van der Waals surface area contributed by atoms with Gasteiger partial charge in [0.1, 0.15) is 24.5 Å². The Hall–Kier alpha value is -2.51. The highest BCUT2D eigenvalue weighted by atomic mass is 16.5. The maximum absolute atomic E-state index is 9.12. The highest BCUT2D eigenvalue weighted by molar-refractivity contribution is 5.53. The van der Waals surface area contributed by atoms with E-state index in [2.05, 4.69) is 18.2 Å². The smallest absolute Gasteiger partial charge is 0.137 e. The zero-order chi connectivity index (χ0) is 14.7. The molecule has 0 saturated heterocycles. The molecule has 3 rings (SSSR count). The van der Waals surface area contributed by atoms with Gasteiger partial charge in [-0.25, -0.2) is 0 Å². The Morgan fingerprint density at radius 2 is 2.14 bits per heavy atom. The minimum atomic E-state index is -0.0981. The molecule has 2 aromatic rings. The standard InChI is InChI=1S/C17H16N2O2/c18-10-13-9-14(19)5-6-16(13)21-11-17-15-4-2-1-3-12(15)7-8-20-17/h1-6,9,17H,7-8,11,19H2. The number of nitrogens with two attached hydrogens (primary N) is 1. The summed E-state index contributed by atoms with van der Waals surface area (Å²) < 4.78 is 11.6. The van der Waals surface area contributed by atoms with E-state index in [4.69, 9.17) is 20.5 Å². The number of benzene rings is 2. The van der Waals surface area contributed by atoms with Crippen molar-refractivity contribution >= 4 is 5.69 Å². The summed E-state index contributed by atoms with van der Waals surface area (Å²) >= 11 is 0. The molecular formula is C17H16N2O2. The van der Waals surface area contributed by atoms with Crippen molar-refractivity contribution in [1.82, 2.24) is 0 Å². The van der Waals surface area contributed by atoms with Crippen LogP contribution in [0.2, 0.25) is 0 Å². The molecule has 0 radical (unpaired) electrons. The van der Waals surface area contributed by atoms with E-state index in [9.17, 15) is 0 Å². The summed E-state index contributed by atoms with van der Waals surface area (Å²) in [4.78, 5) is 0. The lowest BCUT2D eigenvalue weighted by molar-refractivity contribution is 0.0101. The van der Waals surface area contributed by atoms with Crippen molar-refractivity contribution in [1.29, 1.82) is 5.26 Å². The third kappa shape index (κ3) is 2.83. The quantitative estimate of drug-likeness (QED) is 0.878. The fourth-order valence-corrected chi connectivity index (χ4v) is 2.54. The van der Waals surface area contributed by atoms with Crippen molar-refractivity contribution in [2.75, 3.05) is 18.9 Å². The number of fused-ring (bicyclic) bond motifs is 1. The molecule has 0 spiro atoms. The summed E-state index contributed by atoms with van der Waals surface area (Å²) in [6.45, 7) is 1.08. The molecule has 2 N–H and O–H groups in total. The largest absolute Gasteiger partial charge is 0.489 e. The molecule has 0 saturated carbocycles. The third-order valence-electron chi connectivity index (χ3n) is 3.61. The van der Waals surface area contributed by atoms with Crippen LogP contribution in [-0.4, -0.2) is 13.2 Å². The van der Waals surface area contributed by atoms with E-state index in [1.54, 1.807) is 18.2 Å². The van der Waals surface area contributed by atoms with Gasteiger partial charge in [-0.2, -0.15) is 5.26 Å². The molecule has 4 nitrogen and oxygen atoms in total. The number of hydrogen-bond acceptors (Lipinski definition) is 4. The van der Waals surface area contributed by atoms with E-state index in [1.165, 1.54) is 5.56 Å². The molecule has 0 fully saturated rings. The number of anilines is 1. The Morgan fingerprint density at radius 1 is 1.29 bits per heavy atom. The van der Waals surface area contributed by atoms with Gasteiger partial charge in [0.25, 0.3) is 0 Å². The summed E-state index contributed by atoms with van der Waals surface area (Å²) in [7, 11) is 0. The second-order valence-corrected chi connectivity index (χ2v) is 4.99. The topological polar surface area (TPSA) is 68.3 Å². The third-order valence-corrected chi connectivity index (χ3v) is 3.61. The van der Waals surface area contributed by atoms with Gasteiger partial charge in [-0.1, -0.05) is 24.3 Å². The van der Waals surface area contributed by atoms with Crippen molar-refractivity contribution < 1.29 is 9.47 Å². The second-order valence-electron chi connectivity index (χ2n) is 4.99. The Labute approximate surface area is 123 Å². The van der Waals surface area contributed by atoms with E-state index in [1.807, 2.05) is 12.1 Å². The molecule has 0 bridgehead atoms. The van der Waals surface area contributed by atoms with Crippen LogP contribution in [0.3, 0.4) is 0 Å². The van der Waals surface area contributed by atoms with Crippen LogP contribution in [0, 0.1) is 11.3 Å². The summed E-state index contributed by atoms with van der Waals surface area (Å²) in [5.74, 6) is 0.540. The molecule has 106 valence electrons. The molecule has 2 aromatic carbocycles. The van der Waals surface area contributed by atoms with Crippen LogP contribution in [0.4, 0.5) is 5.69 Å². The Balaban J connectivity index is 1.76. The molecule has 0 aliphatic carbocycles. The zero-order valence-corrected chi connectivity index (χ0v) is 11.6. The van der Waals surface area contributed by atoms with Gasteiger partial charge >= 0.3 is 0 Å². The lowest BCUT2D eigenvalue weighted by atomic mass is 9.98. The first kappa shape index (κ1) is 13.5. The van der Waals surface area contributed by atoms with Crippen LogP contribution in [0.25, 0.3) is 0 Å². The molecule has 0 amide bonds. The van der Waals surface area contributed by atoms with Crippen LogP contribution in [-0.2, 0) is 11.2 Å². The Kier molecular flexibility index (Phi) is 3.76. The normalized spacial score (nSPS) is 16.8. The van der Waals surface area contributed by atoms with Gasteiger partial charge in [-0.3, -0.25) is 0 Å². The number of nitrogen functional groups attached to an aromatic ring is 1. The number of ether oxygens (including phenoxy) is 2. The Morgan fingerprint density at radius 3 is 3.00 bits per heavy atom. The number of nitrogens with zero attached hydrogens (tertiary/aromatic N) is 1. The van der Waals surface area contributed by atoms with E-state index >= 15 is 0 Å². The molecule has 21 heavy (non-hydrogen) atoms. The lowest BCUT2D eigenvalue weighted by Crippen LogP contribution is -2.21. The van der Waals surface area contributed by atoms with Crippen molar-refractivity contribution in [2.24, 2.45) is 0 Å². The summed E-state index contributed by atoms with van der Waals surface area (Å²) in [5, 5.41) is 9.12. The summed E-state index contributed by atoms with van der Waals surface area (Å²) in [6, 6.07) is 15.4. The van der Waals surface area contributed by atoms with Gasteiger partial charge in [-0.15, -0.1) is 0 Å². The predicted octanol–water partition coefficient (Wildman–Crippen LogP) is 2.83. The van der Waals surface area contributed by atoms with Gasteiger partial charge in [0, 0.05) is 5.69 Å². The highest BCUT2D eigenvalue weighted by Crippen LogP contribution is 2.28. The summed E-state index contributed by atoms with van der Waals surface area (Å²) in [5.41, 5.74) is 9.14. The van der Waals surface area contributed by atoms with Crippen molar-refractivity contribution in [3.63, 3.8) is 0 Å². The van der Waals surface area contributed by atoms with E-state index in [-0.39, 0.29) is 6.10 Å². The van der Waals surface area contributed by atoms with Gasteiger partial charge in [-0.05, 0) is 35.7 Å². The monoisotopic (exact) mass is 280 g/mol. The first-order chi connectivity index (χ1) is 10.3. The van der Waals surface area contributed by atoms with Crippen molar-refractivity contribution in [3.8, 4) is 11.8 Å². The molecule has 1 aliphatic rings. The second kappa shape index (κ2) is 5.86. The first-order valence-electron chi connectivity index (χ1n) is 6.90. The SMILES string of the molecule is N#Cc1cc(N)ccc1OCC1OCCc2ccccc21. The molecule has 0 aromatic heterocycles. The van der Waals surface area contributed by atoms with Crippen LogP contribution < -0.4 is 10.5 Å². The molecule has 1 unspecified atom stereocenters. The molecule has 1 heterocycles. The van der Waals surface area contributed by atoms with E-state index in [0.717, 1.165) is 12.0 Å².